The molecule has 0 unspecified atom stereocenters. The Morgan fingerprint density at radius 2 is 2.11 bits per heavy atom. The lowest BCUT2D eigenvalue weighted by Gasteiger charge is -2.08. The van der Waals surface area contributed by atoms with Gasteiger partial charge in [-0.1, -0.05) is 11.6 Å². The minimum atomic E-state index is -3.78. The van der Waals surface area contributed by atoms with Gasteiger partial charge < -0.3 is 5.32 Å². The van der Waals surface area contributed by atoms with Crippen LogP contribution in [0.4, 0.5) is 5.69 Å². The van der Waals surface area contributed by atoms with Crippen molar-refractivity contribution in [1.29, 1.82) is 0 Å². The number of benzene rings is 1. The van der Waals surface area contributed by atoms with Crippen molar-refractivity contribution >= 4 is 33.2 Å². The first kappa shape index (κ1) is 13.3. The summed E-state index contributed by atoms with van der Waals surface area (Å²) in [5.74, 6) is 0.371. The number of amides is 1. The van der Waals surface area contributed by atoms with Crippen molar-refractivity contribution in [3.8, 4) is 0 Å². The van der Waals surface area contributed by atoms with E-state index in [-0.39, 0.29) is 15.8 Å². The minimum Gasteiger partial charge on any atom is -0.325 e. The fraction of sp³-hybridized carbons (Fsp3) is 0.364. The van der Waals surface area contributed by atoms with Crippen LogP contribution in [-0.2, 0) is 14.8 Å². The number of hydrogen-bond acceptors (Lipinski definition) is 3. The summed E-state index contributed by atoms with van der Waals surface area (Å²) >= 11 is 5.90. The molecule has 0 bridgehead atoms. The molecule has 2 rings (SSSR count). The summed E-state index contributed by atoms with van der Waals surface area (Å²) in [6.45, 7) is 0. The van der Waals surface area contributed by atoms with E-state index in [9.17, 15) is 13.2 Å². The third-order valence-corrected chi connectivity index (χ3v) is 3.94. The molecule has 1 fully saturated rings. The SMILES string of the molecule is NS(=O)(=O)c1ccc(NC(=O)CC2CC2)c(Cl)c1. The molecule has 7 heteroatoms. The lowest BCUT2D eigenvalue weighted by atomic mass is 10.2. The van der Waals surface area contributed by atoms with Crippen LogP contribution in [0, 0.1) is 5.92 Å². The van der Waals surface area contributed by atoms with Crippen LogP contribution in [0.2, 0.25) is 5.02 Å². The summed E-state index contributed by atoms with van der Waals surface area (Å²) in [5.41, 5.74) is 0.398. The van der Waals surface area contributed by atoms with Gasteiger partial charge in [0.25, 0.3) is 0 Å². The lowest BCUT2D eigenvalue weighted by Crippen LogP contribution is -2.14. The Morgan fingerprint density at radius 1 is 1.44 bits per heavy atom. The van der Waals surface area contributed by atoms with Crippen molar-refractivity contribution < 1.29 is 13.2 Å². The van der Waals surface area contributed by atoms with Crippen LogP contribution in [0.25, 0.3) is 0 Å². The Balaban J connectivity index is 2.11. The van der Waals surface area contributed by atoms with Gasteiger partial charge in [0.05, 0.1) is 15.6 Å². The maximum absolute atomic E-state index is 11.6. The third kappa shape index (κ3) is 3.44. The van der Waals surface area contributed by atoms with Crippen molar-refractivity contribution in [3.63, 3.8) is 0 Å². The molecule has 1 aliphatic carbocycles. The van der Waals surface area contributed by atoms with Crippen molar-refractivity contribution in [3.05, 3.63) is 23.2 Å². The average Bonchev–Trinajstić information content (AvgIpc) is 3.03. The van der Waals surface area contributed by atoms with E-state index in [0.717, 1.165) is 12.8 Å². The van der Waals surface area contributed by atoms with Crippen LogP contribution in [-0.4, -0.2) is 14.3 Å². The van der Waals surface area contributed by atoms with E-state index >= 15 is 0 Å². The molecule has 1 aromatic rings. The Labute approximate surface area is 110 Å². The van der Waals surface area contributed by atoms with Crippen molar-refractivity contribution in [2.45, 2.75) is 24.2 Å². The number of hydrogen-bond donors (Lipinski definition) is 2. The molecule has 0 radical (unpaired) electrons. The molecule has 0 aromatic heterocycles. The van der Waals surface area contributed by atoms with Gasteiger partial charge in [-0.05, 0) is 37.0 Å². The number of sulfonamides is 1. The summed E-state index contributed by atoms with van der Waals surface area (Å²) in [6, 6.07) is 3.98. The number of nitrogens with one attached hydrogen (secondary N) is 1. The van der Waals surface area contributed by atoms with Gasteiger partial charge in [-0.25, -0.2) is 13.6 Å². The van der Waals surface area contributed by atoms with Gasteiger partial charge in [0.1, 0.15) is 0 Å². The first-order valence-electron chi connectivity index (χ1n) is 5.48. The van der Waals surface area contributed by atoms with E-state index in [1.54, 1.807) is 0 Å². The molecule has 5 nitrogen and oxygen atoms in total. The summed E-state index contributed by atoms with van der Waals surface area (Å²) in [7, 11) is -3.78. The second-order valence-corrected chi connectivity index (χ2v) is 6.35. The van der Waals surface area contributed by atoms with Gasteiger partial charge in [0.15, 0.2) is 0 Å². The van der Waals surface area contributed by atoms with E-state index in [2.05, 4.69) is 5.32 Å². The molecule has 98 valence electrons. The Hall–Kier alpha value is -1.11. The standard InChI is InChI=1S/C11H13ClN2O3S/c12-9-6-8(18(13,16)17)3-4-10(9)14-11(15)5-7-1-2-7/h3-4,6-7H,1-2,5H2,(H,14,15)(H2,13,16,17). The predicted octanol–water partition coefficient (Wildman–Crippen LogP) is 1.73. The normalized spacial score (nSPS) is 15.4. The zero-order valence-corrected chi connectivity index (χ0v) is 11.1. The van der Waals surface area contributed by atoms with E-state index in [1.165, 1.54) is 18.2 Å². The second kappa shape index (κ2) is 4.87. The second-order valence-electron chi connectivity index (χ2n) is 4.38. The first-order chi connectivity index (χ1) is 8.36. The maximum Gasteiger partial charge on any atom is 0.238 e. The molecule has 1 amide bonds. The fourth-order valence-electron chi connectivity index (χ4n) is 1.56. The molecule has 18 heavy (non-hydrogen) atoms. The van der Waals surface area contributed by atoms with E-state index < -0.39 is 10.0 Å². The molecular formula is C11H13ClN2O3S. The van der Waals surface area contributed by atoms with Crippen LogP contribution in [0.15, 0.2) is 23.1 Å². The van der Waals surface area contributed by atoms with Crippen LogP contribution < -0.4 is 10.5 Å². The molecule has 0 spiro atoms. The molecule has 1 aliphatic rings. The minimum absolute atomic E-state index is 0.0762. The van der Waals surface area contributed by atoms with E-state index in [0.29, 0.717) is 18.0 Å². The summed E-state index contributed by atoms with van der Waals surface area (Å²) in [6.07, 6.45) is 2.66. The van der Waals surface area contributed by atoms with Gasteiger partial charge in [-0.3, -0.25) is 4.79 Å². The number of carbonyl (C=O) groups is 1. The van der Waals surface area contributed by atoms with Crippen molar-refractivity contribution in [2.24, 2.45) is 11.1 Å². The number of carbonyl (C=O) groups excluding carboxylic acids is 1. The van der Waals surface area contributed by atoms with Crippen molar-refractivity contribution in [1.82, 2.24) is 0 Å². The molecule has 0 saturated heterocycles. The van der Waals surface area contributed by atoms with Crippen LogP contribution in [0.5, 0.6) is 0 Å². The highest BCUT2D eigenvalue weighted by Crippen LogP contribution is 2.33. The van der Waals surface area contributed by atoms with Crippen molar-refractivity contribution in [2.75, 3.05) is 5.32 Å². The maximum atomic E-state index is 11.6. The molecule has 0 aliphatic heterocycles. The lowest BCUT2D eigenvalue weighted by molar-refractivity contribution is -0.116. The summed E-state index contributed by atoms with van der Waals surface area (Å²) in [5, 5.41) is 7.79. The molecule has 1 saturated carbocycles. The van der Waals surface area contributed by atoms with Crippen LogP contribution in [0.3, 0.4) is 0 Å². The average molecular weight is 289 g/mol. The molecule has 0 atom stereocenters. The Morgan fingerprint density at radius 3 is 2.61 bits per heavy atom. The monoisotopic (exact) mass is 288 g/mol. The smallest absolute Gasteiger partial charge is 0.238 e. The highest BCUT2D eigenvalue weighted by Gasteiger charge is 2.24. The third-order valence-electron chi connectivity index (χ3n) is 2.71. The van der Waals surface area contributed by atoms with Gasteiger partial charge in [0, 0.05) is 6.42 Å². The van der Waals surface area contributed by atoms with Crippen LogP contribution in [0.1, 0.15) is 19.3 Å². The number of anilines is 1. The highest BCUT2D eigenvalue weighted by molar-refractivity contribution is 7.89. The number of nitrogens with two attached hydrogens (primary N) is 1. The Bertz CT molecular complexity index is 582. The van der Waals surface area contributed by atoms with Gasteiger partial charge >= 0.3 is 0 Å². The molecule has 3 N–H and O–H groups in total. The number of rotatable bonds is 4. The topological polar surface area (TPSA) is 89.3 Å². The molecule has 0 heterocycles. The number of halogens is 1. The van der Waals surface area contributed by atoms with E-state index in [1.807, 2.05) is 0 Å². The van der Waals surface area contributed by atoms with Gasteiger partial charge in [-0.15, -0.1) is 0 Å². The van der Waals surface area contributed by atoms with E-state index in [4.69, 9.17) is 16.7 Å². The predicted molar refractivity (Wildman–Crippen MR) is 68.8 cm³/mol. The molecular weight excluding hydrogens is 276 g/mol. The quantitative estimate of drug-likeness (QED) is 0.884. The molecule has 1 aromatic carbocycles. The largest absolute Gasteiger partial charge is 0.325 e. The fourth-order valence-corrected chi connectivity index (χ4v) is 2.39. The van der Waals surface area contributed by atoms with Crippen LogP contribution >= 0.6 is 11.6 Å². The highest BCUT2D eigenvalue weighted by atomic mass is 35.5. The first-order valence-corrected chi connectivity index (χ1v) is 7.41. The van der Waals surface area contributed by atoms with Gasteiger partial charge in [0.2, 0.25) is 15.9 Å². The van der Waals surface area contributed by atoms with Gasteiger partial charge in [-0.2, -0.15) is 0 Å². The summed E-state index contributed by atoms with van der Waals surface area (Å²) < 4.78 is 22.2. The zero-order chi connectivity index (χ0) is 13.3. The number of primary sulfonamides is 1. The summed E-state index contributed by atoms with van der Waals surface area (Å²) in [4.78, 5) is 11.5. The zero-order valence-electron chi connectivity index (χ0n) is 9.52. The Kier molecular flexibility index (Phi) is 3.61.